The maximum absolute atomic E-state index is 13.7. The molecule has 1 saturated carbocycles. The number of aromatic nitrogens is 1. The van der Waals surface area contributed by atoms with Gasteiger partial charge in [-0.2, -0.15) is 0 Å². The standard InChI is InChI=1S/C32H47N5O4S/c1-4-23-11-12-26-28(18-23)42-30(36-26)19-27(35-29(38)5-2)32(40)34-25(17-24-9-7-6-8-10-24)20-33-31(39)22(3)21-37-13-15-41-16-14-37/h11-12,18,24-25,27H,3-10,13-17,19-21H2,1-2H3,(H,33,39)(H,34,40)(H,35,38)/t25-,27-/m0/s1. The largest absolute Gasteiger partial charge is 0.379 e. The summed E-state index contributed by atoms with van der Waals surface area (Å²) in [6, 6.07) is 5.25. The number of amides is 3. The first kappa shape index (κ1) is 32.1. The maximum atomic E-state index is 13.7. The molecule has 2 atom stereocenters. The van der Waals surface area contributed by atoms with Crippen LogP contribution in [0.1, 0.15) is 69.4 Å². The summed E-state index contributed by atoms with van der Waals surface area (Å²) in [6.07, 6.45) is 8.24. The first-order chi connectivity index (χ1) is 20.3. The summed E-state index contributed by atoms with van der Waals surface area (Å²) in [5, 5.41) is 9.95. The summed E-state index contributed by atoms with van der Waals surface area (Å²) in [4.78, 5) is 46.0. The minimum atomic E-state index is -0.746. The van der Waals surface area contributed by atoms with Crippen molar-refractivity contribution >= 4 is 39.3 Å². The van der Waals surface area contributed by atoms with Gasteiger partial charge in [-0.15, -0.1) is 11.3 Å². The molecule has 2 heterocycles. The van der Waals surface area contributed by atoms with Crippen LogP contribution in [0, 0.1) is 5.92 Å². The first-order valence-corrected chi connectivity index (χ1v) is 16.4. The van der Waals surface area contributed by atoms with E-state index in [-0.39, 0.29) is 30.2 Å². The summed E-state index contributed by atoms with van der Waals surface area (Å²) in [5.41, 5.74) is 2.66. The molecule has 1 aromatic carbocycles. The van der Waals surface area contributed by atoms with E-state index in [1.807, 2.05) is 6.07 Å². The lowest BCUT2D eigenvalue weighted by molar-refractivity contribution is -0.129. The Morgan fingerprint density at radius 1 is 1.12 bits per heavy atom. The molecule has 42 heavy (non-hydrogen) atoms. The summed E-state index contributed by atoms with van der Waals surface area (Å²) >= 11 is 1.57. The Bertz CT molecular complexity index is 1220. The van der Waals surface area contributed by atoms with Crippen LogP contribution < -0.4 is 16.0 Å². The van der Waals surface area contributed by atoms with Gasteiger partial charge in [-0.1, -0.05) is 58.6 Å². The van der Waals surface area contributed by atoms with Gasteiger partial charge < -0.3 is 20.7 Å². The zero-order valence-electron chi connectivity index (χ0n) is 25.2. The number of nitrogens with one attached hydrogen (secondary N) is 3. The predicted octanol–water partition coefficient (Wildman–Crippen LogP) is 3.76. The van der Waals surface area contributed by atoms with Crippen molar-refractivity contribution in [2.45, 2.75) is 83.7 Å². The number of hydrogen-bond donors (Lipinski definition) is 3. The highest BCUT2D eigenvalue weighted by atomic mass is 32.1. The Hall–Kier alpha value is -2.82. The topological polar surface area (TPSA) is 113 Å². The van der Waals surface area contributed by atoms with Crippen molar-refractivity contribution in [3.63, 3.8) is 0 Å². The molecule has 10 heteroatoms. The van der Waals surface area contributed by atoms with E-state index >= 15 is 0 Å². The third-order valence-corrected chi connectivity index (χ3v) is 9.33. The van der Waals surface area contributed by atoms with E-state index in [4.69, 9.17) is 9.72 Å². The lowest BCUT2D eigenvalue weighted by Gasteiger charge is -2.29. The minimum Gasteiger partial charge on any atom is -0.379 e. The number of morpholine rings is 1. The molecule has 3 N–H and O–H groups in total. The predicted molar refractivity (Wildman–Crippen MR) is 167 cm³/mol. The third kappa shape index (κ3) is 9.61. The van der Waals surface area contributed by atoms with Crippen LogP contribution in [0.15, 0.2) is 30.4 Å². The van der Waals surface area contributed by atoms with Crippen molar-refractivity contribution < 1.29 is 19.1 Å². The van der Waals surface area contributed by atoms with Gasteiger partial charge in [-0.3, -0.25) is 19.3 Å². The number of carbonyl (C=O) groups excluding carboxylic acids is 3. The number of aryl methyl sites for hydroxylation is 1. The SMILES string of the molecule is C=C(CN1CCOCC1)C(=O)NC[C@H](CC1CCCCC1)NC(=O)[C@H](Cc1nc2ccc(CC)cc2s1)NC(=O)CC. The van der Waals surface area contributed by atoms with Crippen LogP contribution in [0.2, 0.25) is 0 Å². The van der Waals surface area contributed by atoms with Crippen molar-refractivity contribution in [1.29, 1.82) is 0 Å². The zero-order chi connectivity index (χ0) is 29.9. The van der Waals surface area contributed by atoms with Crippen LogP contribution in [-0.4, -0.2) is 79.1 Å². The van der Waals surface area contributed by atoms with Crippen molar-refractivity contribution in [3.8, 4) is 0 Å². The normalized spacial score (nSPS) is 17.9. The monoisotopic (exact) mass is 597 g/mol. The molecule has 2 aliphatic rings. The Balaban J connectivity index is 1.42. The number of rotatable bonds is 14. The Kier molecular flexibility index (Phi) is 12.3. The molecule has 0 bridgehead atoms. The molecule has 230 valence electrons. The van der Waals surface area contributed by atoms with E-state index in [1.165, 1.54) is 24.8 Å². The molecule has 1 saturated heterocycles. The third-order valence-electron chi connectivity index (χ3n) is 8.29. The molecule has 0 radical (unpaired) electrons. The quantitative estimate of drug-likeness (QED) is 0.286. The molecule has 2 aromatic rings. The van der Waals surface area contributed by atoms with Crippen molar-refractivity contribution in [2.24, 2.45) is 5.92 Å². The van der Waals surface area contributed by atoms with Gasteiger partial charge in [0.15, 0.2) is 0 Å². The molecular formula is C32H47N5O4S. The van der Waals surface area contributed by atoms with E-state index in [2.05, 4.69) is 46.5 Å². The van der Waals surface area contributed by atoms with E-state index in [1.54, 1.807) is 18.3 Å². The highest BCUT2D eigenvalue weighted by molar-refractivity contribution is 7.18. The Morgan fingerprint density at radius 2 is 1.88 bits per heavy atom. The molecule has 0 spiro atoms. The summed E-state index contributed by atoms with van der Waals surface area (Å²) in [5.74, 6) is -0.118. The fraction of sp³-hybridized carbons (Fsp3) is 0.625. The van der Waals surface area contributed by atoms with E-state index in [0.29, 0.717) is 44.2 Å². The molecule has 2 fully saturated rings. The fourth-order valence-corrected chi connectivity index (χ4v) is 6.84. The molecule has 4 rings (SSSR count). The second-order valence-electron chi connectivity index (χ2n) is 11.6. The molecule has 1 aliphatic heterocycles. The molecule has 0 unspecified atom stereocenters. The molecular weight excluding hydrogens is 550 g/mol. The van der Waals surface area contributed by atoms with Gasteiger partial charge >= 0.3 is 0 Å². The average molecular weight is 598 g/mol. The number of ether oxygens (including phenoxy) is 1. The number of carbonyl (C=O) groups is 3. The number of fused-ring (bicyclic) bond motifs is 1. The summed E-state index contributed by atoms with van der Waals surface area (Å²) < 4.78 is 6.48. The van der Waals surface area contributed by atoms with Gasteiger partial charge in [0.05, 0.1) is 28.4 Å². The Morgan fingerprint density at radius 3 is 2.60 bits per heavy atom. The lowest BCUT2D eigenvalue weighted by Crippen LogP contribution is -2.53. The number of thiazole rings is 1. The molecule has 1 aromatic heterocycles. The van der Waals surface area contributed by atoms with Crippen LogP contribution >= 0.6 is 11.3 Å². The molecule has 1 aliphatic carbocycles. The van der Waals surface area contributed by atoms with Gasteiger partial charge in [0.25, 0.3) is 0 Å². The first-order valence-electron chi connectivity index (χ1n) is 15.6. The van der Waals surface area contributed by atoms with E-state index in [9.17, 15) is 14.4 Å². The van der Waals surface area contributed by atoms with Crippen LogP contribution in [0.3, 0.4) is 0 Å². The van der Waals surface area contributed by atoms with Gasteiger partial charge in [-0.25, -0.2) is 4.98 Å². The maximum Gasteiger partial charge on any atom is 0.247 e. The number of hydrogen-bond acceptors (Lipinski definition) is 7. The van der Waals surface area contributed by atoms with Crippen LogP contribution in [0.4, 0.5) is 0 Å². The summed E-state index contributed by atoms with van der Waals surface area (Å²) in [7, 11) is 0. The highest BCUT2D eigenvalue weighted by Gasteiger charge is 2.27. The number of nitrogens with zero attached hydrogens (tertiary/aromatic N) is 2. The van der Waals surface area contributed by atoms with Crippen molar-refractivity contribution in [3.05, 3.63) is 40.9 Å². The average Bonchev–Trinajstić information content (AvgIpc) is 3.41. The minimum absolute atomic E-state index is 0.180. The van der Waals surface area contributed by atoms with E-state index in [0.717, 1.165) is 54.0 Å². The Labute approximate surface area is 253 Å². The van der Waals surface area contributed by atoms with Crippen molar-refractivity contribution in [1.82, 2.24) is 25.8 Å². The summed E-state index contributed by atoms with van der Waals surface area (Å²) in [6.45, 7) is 11.6. The molecule has 9 nitrogen and oxygen atoms in total. The lowest BCUT2D eigenvalue weighted by atomic mass is 9.84. The van der Waals surface area contributed by atoms with Crippen LogP contribution in [0.5, 0.6) is 0 Å². The fourth-order valence-electron chi connectivity index (χ4n) is 5.77. The second kappa shape index (κ2) is 16.1. The highest BCUT2D eigenvalue weighted by Crippen LogP contribution is 2.28. The molecule has 3 amide bonds. The zero-order valence-corrected chi connectivity index (χ0v) is 26.0. The van der Waals surface area contributed by atoms with Crippen molar-refractivity contribution in [2.75, 3.05) is 39.4 Å². The van der Waals surface area contributed by atoms with Gasteiger partial charge in [0.2, 0.25) is 17.7 Å². The van der Waals surface area contributed by atoms with Crippen LogP contribution in [0.25, 0.3) is 10.2 Å². The van der Waals surface area contributed by atoms with Gasteiger partial charge in [0.1, 0.15) is 6.04 Å². The van der Waals surface area contributed by atoms with Crippen LogP contribution in [-0.2, 0) is 32.0 Å². The smallest absolute Gasteiger partial charge is 0.247 e. The van der Waals surface area contributed by atoms with Gasteiger partial charge in [-0.05, 0) is 36.5 Å². The number of benzene rings is 1. The second-order valence-corrected chi connectivity index (χ2v) is 12.7. The van der Waals surface area contributed by atoms with E-state index < -0.39 is 6.04 Å². The van der Waals surface area contributed by atoms with Gasteiger partial charge in [0, 0.05) is 50.6 Å².